The zero-order valence-corrected chi connectivity index (χ0v) is 15.3. The van der Waals surface area contributed by atoms with Gasteiger partial charge in [0.25, 0.3) is 5.91 Å². The van der Waals surface area contributed by atoms with Crippen molar-refractivity contribution in [2.45, 2.75) is 17.9 Å². The average Bonchev–Trinajstić information content (AvgIpc) is 2.57. The number of carbonyl (C=O) groups is 1. The number of rotatable bonds is 5. The van der Waals surface area contributed by atoms with Gasteiger partial charge in [-0.05, 0) is 42.9 Å². The normalized spacial score (nSPS) is 11.7. The molecule has 2 aromatic carbocycles. The molecule has 0 aliphatic rings. The number of thiocarbonyl (C=S) groups is 1. The highest BCUT2D eigenvalue weighted by Gasteiger charge is 2.21. The number of para-hydroxylation sites is 1. The summed E-state index contributed by atoms with van der Waals surface area (Å²) in [5, 5.41) is 9.01. The molecule has 0 heterocycles. The number of hydrogen-bond donors (Lipinski definition) is 3. The van der Waals surface area contributed by atoms with E-state index in [1.54, 1.807) is 24.3 Å². The van der Waals surface area contributed by atoms with Gasteiger partial charge >= 0.3 is 0 Å². The first-order chi connectivity index (χ1) is 11.5. The van der Waals surface area contributed by atoms with Gasteiger partial charge in [-0.15, -0.1) is 23.2 Å². The molecule has 24 heavy (non-hydrogen) atoms. The van der Waals surface area contributed by atoms with Crippen molar-refractivity contribution in [1.82, 2.24) is 10.6 Å². The van der Waals surface area contributed by atoms with Crippen molar-refractivity contribution in [3.8, 4) is 0 Å². The first kappa shape index (κ1) is 18.5. The molecular weight excluding hydrogens is 365 g/mol. The van der Waals surface area contributed by atoms with Crippen LogP contribution in [0.1, 0.15) is 15.9 Å². The number of nitrogens with one attached hydrogen (secondary N) is 3. The fraction of sp³-hybridized carbons (Fsp3) is 0.176. The van der Waals surface area contributed by atoms with E-state index in [-0.39, 0.29) is 5.91 Å². The smallest absolute Gasteiger partial charge is 0.252 e. The number of carbonyl (C=O) groups excluding carboxylic acids is 1. The minimum atomic E-state index is -0.880. The van der Waals surface area contributed by atoms with E-state index in [4.69, 9.17) is 35.4 Å². The van der Waals surface area contributed by atoms with Crippen LogP contribution in [0.5, 0.6) is 0 Å². The van der Waals surface area contributed by atoms with Gasteiger partial charge in [0, 0.05) is 11.3 Å². The summed E-state index contributed by atoms with van der Waals surface area (Å²) in [7, 11) is 0. The molecule has 0 unspecified atom stereocenters. The van der Waals surface area contributed by atoms with E-state index >= 15 is 0 Å². The number of anilines is 1. The zero-order valence-electron chi connectivity index (χ0n) is 12.9. The SMILES string of the molecule is Cc1ccccc1NC(=S)N[C@H](NC(=O)c1ccccc1)C(Cl)Cl. The van der Waals surface area contributed by atoms with Crippen molar-refractivity contribution in [2.24, 2.45) is 0 Å². The van der Waals surface area contributed by atoms with Crippen molar-refractivity contribution in [3.63, 3.8) is 0 Å². The van der Waals surface area contributed by atoms with E-state index in [2.05, 4.69) is 16.0 Å². The van der Waals surface area contributed by atoms with Crippen LogP contribution in [0.25, 0.3) is 0 Å². The Kier molecular flexibility index (Phi) is 6.85. The Morgan fingerprint density at radius 2 is 1.62 bits per heavy atom. The lowest BCUT2D eigenvalue weighted by Crippen LogP contribution is -2.52. The number of alkyl halides is 2. The number of hydrogen-bond acceptors (Lipinski definition) is 2. The standard InChI is InChI=1S/C17H17Cl2N3OS/c1-11-7-5-6-10-13(11)20-17(24)22-15(14(18)19)21-16(23)12-8-3-2-4-9-12/h2-10,14-15H,1H3,(H,21,23)(H2,20,22,24)/t15-/m0/s1. The molecule has 2 rings (SSSR count). The maximum Gasteiger partial charge on any atom is 0.252 e. The minimum absolute atomic E-state index is 0.293. The lowest BCUT2D eigenvalue weighted by molar-refractivity contribution is 0.0936. The molecule has 1 atom stereocenters. The van der Waals surface area contributed by atoms with Crippen molar-refractivity contribution in [1.29, 1.82) is 0 Å². The monoisotopic (exact) mass is 381 g/mol. The lowest BCUT2D eigenvalue weighted by Gasteiger charge is -2.23. The highest BCUT2D eigenvalue weighted by molar-refractivity contribution is 7.80. The van der Waals surface area contributed by atoms with Crippen molar-refractivity contribution >= 4 is 52.1 Å². The molecule has 0 fully saturated rings. The maximum absolute atomic E-state index is 12.2. The highest BCUT2D eigenvalue weighted by atomic mass is 35.5. The summed E-state index contributed by atoms with van der Waals surface area (Å²) in [6.45, 7) is 1.96. The van der Waals surface area contributed by atoms with E-state index in [0.717, 1.165) is 11.3 Å². The Morgan fingerprint density at radius 3 is 2.25 bits per heavy atom. The molecule has 4 nitrogen and oxygen atoms in total. The minimum Gasteiger partial charge on any atom is -0.340 e. The zero-order chi connectivity index (χ0) is 17.5. The summed E-state index contributed by atoms with van der Waals surface area (Å²) in [6, 6.07) is 16.5. The average molecular weight is 382 g/mol. The van der Waals surface area contributed by atoms with Gasteiger partial charge in [-0.2, -0.15) is 0 Å². The molecule has 0 aromatic heterocycles. The summed E-state index contributed by atoms with van der Waals surface area (Å²) in [4.78, 5) is 11.3. The third-order valence-corrected chi connectivity index (χ3v) is 3.98. The summed E-state index contributed by atoms with van der Waals surface area (Å²) in [6.07, 6.45) is -0.731. The summed E-state index contributed by atoms with van der Waals surface area (Å²) in [5.41, 5.74) is 2.42. The fourth-order valence-electron chi connectivity index (χ4n) is 1.99. The van der Waals surface area contributed by atoms with Crippen molar-refractivity contribution in [3.05, 3.63) is 65.7 Å². The van der Waals surface area contributed by atoms with Crippen LogP contribution in [-0.4, -0.2) is 22.0 Å². The Balaban J connectivity index is 1.99. The summed E-state index contributed by atoms with van der Waals surface area (Å²) >= 11 is 17.2. The van der Waals surface area contributed by atoms with Crippen LogP contribution in [0.3, 0.4) is 0 Å². The highest BCUT2D eigenvalue weighted by Crippen LogP contribution is 2.13. The predicted octanol–water partition coefficient (Wildman–Crippen LogP) is 3.84. The predicted molar refractivity (Wildman–Crippen MR) is 104 cm³/mol. The Labute approximate surface area is 156 Å². The number of amides is 1. The molecule has 7 heteroatoms. The fourth-order valence-corrected chi connectivity index (χ4v) is 2.48. The van der Waals surface area contributed by atoms with Gasteiger partial charge in [-0.25, -0.2) is 0 Å². The summed E-state index contributed by atoms with van der Waals surface area (Å²) < 4.78 is 0. The van der Waals surface area contributed by atoms with E-state index in [1.165, 1.54) is 0 Å². The van der Waals surface area contributed by atoms with Crippen LogP contribution < -0.4 is 16.0 Å². The van der Waals surface area contributed by atoms with Gasteiger partial charge in [-0.3, -0.25) is 4.79 Å². The number of benzene rings is 2. The molecular formula is C17H17Cl2N3OS. The van der Waals surface area contributed by atoms with Crippen LogP contribution in [0.4, 0.5) is 5.69 Å². The molecule has 3 N–H and O–H groups in total. The van der Waals surface area contributed by atoms with Crippen LogP contribution in [0.15, 0.2) is 54.6 Å². The maximum atomic E-state index is 12.2. The van der Waals surface area contributed by atoms with Crippen LogP contribution in [0.2, 0.25) is 0 Å². The summed E-state index contributed by atoms with van der Waals surface area (Å²) in [5.74, 6) is -0.293. The third-order valence-electron chi connectivity index (χ3n) is 3.25. The topological polar surface area (TPSA) is 53.2 Å². The second kappa shape index (κ2) is 8.87. The number of halogens is 2. The number of aryl methyl sites for hydroxylation is 1. The molecule has 0 saturated carbocycles. The largest absolute Gasteiger partial charge is 0.340 e. The van der Waals surface area contributed by atoms with E-state index in [1.807, 2.05) is 37.3 Å². The van der Waals surface area contributed by atoms with Crippen LogP contribution >= 0.6 is 35.4 Å². The van der Waals surface area contributed by atoms with Gasteiger partial charge in [-0.1, -0.05) is 36.4 Å². The molecule has 2 aromatic rings. The van der Waals surface area contributed by atoms with Crippen LogP contribution in [0, 0.1) is 6.92 Å². The van der Waals surface area contributed by atoms with Crippen molar-refractivity contribution in [2.75, 3.05) is 5.32 Å². The molecule has 1 amide bonds. The quantitative estimate of drug-likeness (QED) is 0.418. The van der Waals surface area contributed by atoms with E-state index < -0.39 is 11.0 Å². The first-order valence-corrected chi connectivity index (χ1v) is 8.52. The molecule has 126 valence electrons. The van der Waals surface area contributed by atoms with Crippen LogP contribution in [-0.2, 0) is 0 Å². The van der Waals surface area contributed by atoms with Gasteiger partial charge in [0.2, 0.25) is 0 Å². The van der Waals surface area contributed by atoms with E-state index in [9.17, 15) is 4.79 Å². The molecule has 0 saturated heterocycles. The Morgan fingerprint density at radius 1 is 1.00 bits per heavy atom. The molecule has 0 spiro atoms. The van der Waals surface area contributed by atoms with Gasteiger partial charge < -0.3 is 16.0 Å². The van der Waals surface area contributed by atoms with Gasteiger partial charge in [0.05, 0.1) is 0 Å². The molecule has 0 bridgehead atoms. The molecule has 0 radical (unpaired) electrons. The second-order valence-electron chi connectivity index (χ2n) is 5.06. The van der Waals surface area contributed by atoms with Gasteiger partial charge in [0.15, 0.2) is 5.11 Å². The Hall–Kier alpha value is -1.82. The molecule has 0 aliphatic carbocycles. The lowest BCUT2D eigenvalue weighted by atomic mass is 10.2. The van der Waals surface area contributed by atoms with Gasteiger partial charge in [0.1, 0.15) is 11.0 Å². The third kappa shape index (κ3) is 5.37. The Bertz CT molecular complexity index is 710. The van der Waals surface area contributed by atoms with Crippen molar-refractivity contribution < 1.29 is 4.79 Å². The second-order valence-corrected chi connectivity index (χ2v) is 6.64. The van der Waals surface area contributed by atoms with E-state index in [0.29, 0.717) is 10.7 Å². The molecule has 0 aliphatic heterocycles. The first-order valence-electron chi connectivity index (χ1n) is 7.24.